The van der Waals surface area contributed by atoms with E-state index in [2.05, 4.69) is 10.1 Å². The third-order valence-corrected chi connectivity index (χ3v) is 4.15. The van der Waals surface area contributed by atoms with E-state index in [4.69, 9.17) is 14.0 Å². The van der Waals surface area contributed by atoms with Crippen LogP contribution in [0.1, 0.15) is 16.2 Å². The Morgan fingerprint density at radius 1 is 1.04 bits per heavy atom. The zero-order chi connectivity index (χ0) is 19.3. The highest BCUT2D eigenvalue weighted by molar-refractivity contribution is 5.89. The van der Waals surface area contributed by atoms with Gasteiger partial charge in [0.1, 0.15) is 5.75 Å². The van der Waals surface area contributed by atoms with Crippen molar-refractivity contribution in [3.8, 4) is 22.8 Å². The molecule has 0 radical (unpaired) electrons. The molecule has 2 aromatic carbocycles. The summed E-state index contributed by atoms with van der Waals surface area (Å²) in [5, 5.41) is 3.93. The van der Waals surface area contributed by atoms with Crippen molar-refractivity contribution >= 4 is 5.97 Å². The highest BCUT2D eigenvalue weighted by Gasteiger charge is 2.15. The number of hydrogen-bond donors (Lipinski definition) is 0. The van der Waals surface area contributed by atoms with Crippen molar-refractivity contribution < 1.29 is 18.8 Å². The molecule has 4 rings (SSSR count). The lowest BCUT2D eigenvalue weighted by molar-refractivity contribution is 0.0430. The molecule has 0 amide bonds. The van der Waals surface area contributed by atoms with E-state index in [1.807, 2.05) is 65.5 Å². The number of benzene rings is 2. The average molecular weight is 375 g/mol. The Bertz CT molecular complexity index is 1070. The van der Waals surface area contributed by atoms with Crippen LogP contribution in [-0.4, -0.2) is 27.8 Å². The Morgan fingerprint density at radius 3 is 2.54 bits per heavy atom. The lowest BCUT2D eigenvalue weighted by atomic mass is 10.2. The van der Waals surface area contributed by atoms with E-state index in [9.17, 15) is 4.79 Å². The fourth-order valence-electron chi connectivity index (χ4n) is 2.74. The zero-order valence-corrected chi connectivity index (χ0v) is 15.1. The van der Waals surface area contributed by atoms with Crippen molar-refractivity contribution in [2.24, 2.45) is 0 Å². The van der Waals surface area contributed by atoms with Gasteiger partial charge in [0.15, 0.2) is 6.61 Å². The van der Waals surface area contributed by atoms with Gasteiger partial charge in [0, 0.05) is 18.1 Å². The van der Waals surface area contributed by atoms with Crippen LogP contribution in [0.3, 0.4) is 0 Å². The third-order valence-electron chi connectivity index (χ3n) is 4.15. The van der Waals surface area contributed by atoms with Crippen LogP contribution < -0.4 is 4.74 Å². The number of rotatable bonds is 6. The van der Waals surface area contributed by atoms with Crippen molar-refractivity contribution in [3.63, 3.8) is 0 Å². The molecule has 0 saturated carbocycles. The minimum absolute atomic E-state index is 0.111. The molecule has 4 aromatic rings. The van der Waals surface area contributed by atoms with Gasteiger partial charge in [0.2, 0.25) is 5.82 Å². The number of ether oxygens (including phenoxy) is 2. The molecule has 0 unspecified atom stereocenters. The number of hydrogen-bond acceptors (Lipinski definition) is 6. The lowest BCUT2D eigenvalue weighted by Crippen LogP contribution is -2.05. The Hall–Kier alpha value is -3.87. The van der Waals surface area contributed by atoms with Crippen LogP contribution in [0, 0.1) is 0 Å². The van der Waals surface area contributed by atoms with E-state index in [-0.39, 0.29) is 12.5 Å². The third kappa shape index (κ3) is 3.64. The second-order valence-electron chi connectivity index (χ2n) is 5.93. The summed E-state index contributed by atoms with van der Waals surface area (Å²) in [5.41, 5.74) is 2.10. The maximum Gasteiger partial charge on any atom is 0.338 e. The molecule has 0 fully saturated rings. The Morgan fingerprint density at radius 2 is 1.79 bits per heavy atom. The molecular weight excluding hydrogens is 358 g/mol. The van der Waals surface area contributed by atoms with Crippen molar-refractivity contribution in [1.29, 1.82) is 0 Å². The van der Waals surface area contributed by atoms with Gasteiger partial charge < -0.3 is 18.6 Å². The lowest BCUT2D eigenvalue weighted by Gasteiger charge is -2.05. The predicted molar refractivity (Wildman–Crippen MR) is 101 cm³/mol. The first-order valence-corrected chi connectivity index (χ1v) is 8.61. The molecule has 7 nitrogen and oxygen atoms in total. The van der Waals surface area contributed by atoms with Gasteiger partial charge in [-0.3, -0.25) is 0 Å². The van der Waals surface area contributed by atoms with Gasteiger partial charge in [-0.1, -0.05) is 17.3 Å². The van der Waals surface area contributed by atoms with E-state index in [0.29, 0.717) is 22.7 Å². The first kappa shape index (κ1) is 17.5. The van der Waals surface area contributed by atoms with Gasteiger partial charge in [0.05, 0.1) is 18.2 Å². The van der Waals surface area contributed by atoms with Gasteiger partial charge >= 0.3 is 5.97 Å². The average Bonchev–Trinajstić information content (AvgIpc) is 3.44. The Balaban J connectivity index is 1.41. The largest absolute Gasteiger partial charge is 0.496 e. The predicted octanol–water partition coefficient (Wildman–Crippen LogP) is 3.89. The monoisotopic (exact) mass is 375 g/mol. The molecule has 140 valence electrons. The summed E-state index contributed by atoms with van der Waals surface area (Å²) in [7, 11) is 1.57. The standard InChI is InChI=1S/C21H17N3O4/c1-26-18-7-3-2-6-17(18)20-22-19(28-23-20)14-27-21(25)15-8-10-16(11-9-15)24-12-4-5-13-24/h2-13H,14H2,1H3. The highest BCUT2D eigenvalue weighted by Crippen LogP contribution is 2.27. The minimum atomic E-state index is -0.462. The number of methoxy groups -OCH3 is 1. The number of aromatic nitrogens is 3. The van der Waals surface area contributed by atoms with Gasteiger partial charge in [0.25, 0.3) is 5.89 Å². The van der Waals surface area contributed by atoms with Crippen molar-refractivity contribution in [1.82, 2.24) is 14.7 Å². The smallest absolute Gasteiger partial charge is 0.338 e. The van der Waals surface area contributed by atoms with Crippen LogP contribution in [0.5, 0.6) is 5.75 Å². The van der Waals surface area contributed by atoms with E-state index < -0.39 is 5.97 Å². The molecule has 2 aromatic heterocycles. The number of nitrogens with zero attached hydrogens (tertiary/aromatic N) is 3. The number of para-hydroxylation sites is 1. The Kier molecular flexibility index (Phi) is 4.88. The second-order valence-corrected chi connectivity index (χ2v) is 5.93. The molecule has 0 saturated heterocycles. The van der Waals surface area contributed by atoms with E-state index in [0.717, 1.165) is 5.69 Å². The van der Waals surface area contributed by atoms with Crippen LogP contribution in [0.2, 0.25) is 0 Å². The number of carbonyl (C=O) groups is 1. The summed E-state index contributed by atoms with van der Waals surface area (Å²) in [6.45, 7) is -0.111. The summed E-state index contributed by atoms with van der Waals surface area (Å²) in [4.78, 5) is 16.5. The molecule has 0 N–H and O–H groups in total. The van der Waals surface area contributed by atoms with Crippen molar-refractivity contribution in [3.05, 3.63) is 84.5 Å². The fraction of sp³-hybridized carbons (Fsp3) is 0.0952. The van der Waals surface area contributed by atoms with Gasteiger partial charge in [-0.2, -0.15) is 4.98 Å². The van der Waals surface area contributed by atoms with Gasteiger partial charge in [-0.05, 0) is 48.5 Å². The van der Waals surface area contributed by atoms with Crippen LogP contribution in [0.4, 0.5) is 0 Å². The molecule has 28 heavy (non-hydrogen) atoms. The molecule has 0 atom stereocenters. The maximum atomic E-state index is 12.3. The molecule has 0 aliphatic rings. The quantitative estimate of drug-likeness (QED) is 0.476. The maximum absolute atomic E-state index is 12.3. The summed E-state index contributed by atoms with van der Waals surface area (Å²) < 4.78 is 17.7. The van der Waals surface area contributed by atoms with Gasteiger partial charge in [-0.15, -0.1) is 0 Å². The molecular formula is C21H17N3O4. The van der Waals surface area contributed by atoms with Gasteiger partial charge in [-0.25, -0.2) is 4.79 Å². The first-order valence-electron chi connectivity index (χ1n) is 8.61. The number of esters is 1. The topological polar surface area (TPSA) is 79.4 Å². The summed E-state index contributed by atoms with van der Waals surface area (Å²) in [6.07, 6.45) is 3.87. The normalized spacial score (nSPS) is 10.6. The van der Waals surface area contributed by atoms with Crippen LogP contribution in [0.15, 0.2) is 77.6 Å². The van der Waals surface area contributed by atoms with Crippen LogP contribution >= 0.6 is 0 Å². The highest BCUT2D eigenvalue weighted by atomic mass is 16.6. The molecule has 0 aliphatic heterocycles. The van der Waals surface area contributed by atoms with Crippen molar-refractivity contribution in [2.75, 3.05) is 7.11 Å². The van der Waals surface area contributed by atoms with E-state index in [1.54, 1.807) is 19.2 Å². The van der Waals surface area contributed by atoms with E-state index in [1.165, 1.54) is 0 Å². The van der Waals surface area contributed by atoms with Crippen molar-refractivity contribution in [2.45, 2.75) is 6.61 Å². The zero-order valence-electron chi connectivity index (χ0n) is 15.1. The molecule has 0 aliphatic carbocycles. The van der Waals surface area contributed by atoms with E-state index >= 15 is 0 Å². The second kappa shape index (κ2) is 7.79. The molecule has 0 bridgehead atoms. The number of carbonyl (C=O) groups excluding carboxylic acids is 1. The summed E-state index contributed by atoms with van der Waals surface area (Å²) >= 11 is 0. The molecule has 7 heteroatoms. The molecule has 0 spiro atoms. The minimum Gasteiger partial charge on any atom is -0.496 e. The first-order chi connectivity index (χ1) is 13.7. The summed E-state index contributed by atoms with van der Waals surface area (Å²) in [5.74, 6) is 0.753. The SMILES string of the molecule is COc1ccccc1-c1noc(COC(=O)c2ccc(-n3cccc3)cc2)n1. The van der Waals surface area contributed by atoms with Crippen LogP contribution in [0.25, 0.3) is 17.1 Å². The molecule has 2 heterocycles. The summed E-state index contributed by atoms with van der Waals surface area (Å²) in [6, 6.07) is 18.3. The van der Waals surface area contributed by atoms with Crippen LogP contribution in [-0.2, 0) is 11.3 Å². The Labute approximate surface area is 161 Å². The fourth-order valence-corrected chi connectivity index (χ4v) is 2.74.